The van der Waals surface area contributed by atoms with E-state index in [-0.39, 0.29) is 18.8 Å². The van der Waals surface area contributed by atoms with Gasteiger partial charge in [-0.25, -0.2) is 9.59 Å². The minimum atomic E-state index is -0.927. The van der Waals surface area contributed by atoms with Gasteiger partial charge in [-0.2, -0.15) is 0 Å². The van der Waals surface area contributed by atoms with Crippen LogP contribution in [-0.4, -0.2) is 55.8 Å². The van der Waals surface area contributed by atoms with Gasteiger partial charge in [-0.05, 0) is 11.6 Å². The summed E-state index contributed by atoms with van der Waals surface area (Å²) in [7, 11) is 1.24. The Morgan fingerprint density at radius 3 is 2.82 bits per heavy atom. The predicted octanol–water partition coefficient (Wildman–Crippen LogP) is 0.800. The minimum absolute atomic E-state index is 0.109. The largest absolute Gasteiger partial charge is 0.493 e. The van der Waals surface area contributed by atoms with Crippen LogP contribution in [0.5, 0.6) is 0 Å². The van der Waals surface area contributed by atoms with Crippen molar-refractivity contribution in [2.75, 3.05) is 26.9 Å². The molecule has 0 saturated carbocycles. The number of aromatic amines is 1. The van der Waals surface area contributed by atoms with Gasteiger partial charge < -0.3 is 29.2 Å². The number of amides is 1. The lowest BCUT2D eigenvalue weighted by Crippen LogP contribution is -2.44. The number of nitrogens with one attached hydrogen (secondary N) is 2. The van der Waals surface area contributed by atoms with Crippen LogP contribution in [0.4, 0.5) is 0 Å². The molecule has 28 heavy (non-hydrogen) atoms. The maximum atomic E-state index is 12.2. The van der Waals surface area contributed by atoms with E-state index in [2.05, 4.69) is 10.3 Å². The number of aromatic nitrogens is 1. The first-order valence-electron chi connectivity index (χ1n) is 8.62. The van der Waals surface area contributed by atoms with Gasteiger partial charge in [-0.15, -0.1) is 0 Å². The van der Waals surface area contributed by atoms with Gasteiger partial charge >= 0.3 is 11.9 Å². The van der Waals surface area contributed by atoms with Crippen molar-refractivity contribution in [1.82, 2.24) is 10.3 Å². The number of esters is 2. The average Bonchev–Trinajstić information content (AvgIpc) is 3.14. The van der Waals surface area contributed by atoms with Gasteiger partial charge in [0.15, 0.2) is 6.61 Å². The molecule has 1 aliphatic rings. The molecule has 2 heterocycles. The molecule has 0 aliphatic carbocycles. The fraction of sp³-hybridized carbons (Fsp3) is 0.316. The lowest BCUT2D eigenvalue weighted by molar-refractivity contribution is -0.150. The zero-order chi connectivity index (χ0) is 19.9. The fourth-order valence-electron chi connectivity index (χ4n) is 2.77. The van der Waals surface area contributed by atoms with E-state index in [4.69, 9.17) is 18.9 Å². The summed E-state index contributed by atoms with van der Waals surface area (Å²) in [5.41, 5.74) is 1.77. The quantitative estimate of drug-likeness (QED) is 0.674. The van der Waals surface area contributed by atoms with Gasteiger partial charge in [0.05, 0.1) is 7.11 Å². The molecule has 0 fully saturated rings. The predicted molar refractivity (Wildman–Crippen MR) is 96.9 cm³/mol. The zero-order valence-electron chi connectivity index (χ0n) is 15.2. The molecule has 9 nitrogen and oxygen atoms in total. The Labute approximate surface area is 160 Å². The fourth-order valence-corrected chi connectivity index (χ4v) is 2.77. The molecule has 0 saturated heterocycles. The van der Waals surface area contributed by atoms with Crippen molar-refractivity contribution in [1.29, 1.82) is 0 Å². The maximum Gasteiger partial charge on any atom is 0.377 e. The topological polar surface area (TPSA) is 116 Å². The Balaban J connectivity index is 1.60. The Morgan fingerprint density at radius 2 is 2.07 bits per heavy atom. The van der Waals surface area contributed by atoms with Crippen LogP contribution in [0.1, 0.15) is 5.56 Å². The van der Waals surface area contributed by atoms with Gasteiger partial charge in [0.2, 0.25) is 5.76 Å². The summed E-state index contributed by atoms with van der Waals surface area (Å²) in [6.45, 7) is -0.00497. The third-order valence-corrected chi connectivity index (χ3v) is 4.10. The van der Waals surface area contributed by atoms with Crippen molar-refractivity contribution in [3.8, 4) is 0 Å². The summed E-state index contributed by atoms with van der Waals surface area (Å²) in [5, 5.41) is 3.48. The van der Waals surface area contributed by atoms with Gasteiger partial charge in [0, 0.05) is 23.5 Å². The van der Waals surface area contributed by atoms with Gasteiger partial charge in [0.1, 0.15) is 25.5 Å². The molecular formula is C19H20N2O7. The van der Waals surface area contributed by atoms with E-state index < -0.39 is 30.5 Å². The van der Waals surface area contributed by atoms with Crippen LogP contribution in [-0.2, 0) is 39.8 Å². The van der Waals surface area contributed by atoms with Crippen molar-refractivity contribution >= 4 is 28.7 Å². The number of carbonyl (C=O) groups excluding carboxylic acids is 3. The van der Waals surface area contributed by atoms with Crippen molar-refractivity contribution in [2.24, 2.45) is 0 Å². The van der Waals surface area contributed by atoms with E-state index >= 15 is 0 Å². The maximum absolute atomic E-state index is 12.2. The summed E-state index contributed by atoms with van der Waals surface area (Å²) in [6, 6.07) is 6.68. The van der Waals surface area contributed by atoms with Gasteiger partial charge in [-0.1, -0.05) is 18.2 Å². The van der Waals surface area contributed by atoms with Crippen LogP contribution in [0.2, 0.25) is 0 Å². The van der Waals surface area contributed by atoms with Crippen LogP contribution >= 0.6 is 0 Å². The van der Waals surface area contributed by atoms with E-state index in [1.54, 1.807) is 6.20 Å². The minimum Gasteiger partial charge on any atom is -0.493 e. The highest BCUT2D eigenvalue weighted by molar-refractivity contribution is 5.90. The van der Waals surface area contributed by atoms with E-state index in [1.165, 1.54) is 7.11 Å². The number of fused-ring (bicyclic) bond motifs is 1. The monoisotopic (exact) mass is 388 g/mol. The van der Waals surface area contributed by atoms with Crippen molar-refractivity contribution in [2.45, 2.75) is 12.5 Å². The molecule has 1 amide bonds. The number of rotatable bonds is 7. The van der Waals surface area contributed by atoms with E-state index in [1.807, 2.05) is 24.3 Å². The number of H-pyrrole nitrogens is 1. The first kappa shape index (κ1) is 19.3. The summed E-state index contributed by atoms with van der Waals surface area (Å²) < 4.78 is 19.7. The molecule has 148 valence electrons. The molecule has 1 aromatic heterocycles. The molecule has 1 atom stereocenters. The highest BCUT2D eigenvalue weighted by atomic mass is 16.6. The van der Waals surface area contributed by atoms with Crippen molar-refractivity contribution in [3.63, 3.8) is 0 Å². The Kier molecular flexibility index (Phi) is 6.15. The lowest BCUT2D eigenvalue weighted by atomic mass is 10.0. The number of carbonyl (C=O) groups is 3. The zero-order valence-corrected chi connectivity index (χ0v) is 15.2. The van der Waals surface area contributed by atoms with Gasteiger partial charge in [-0.3, -0.25) is 4.79 Å². The number of hydrogen-bond donors (Lipinski definition) is 2. The number of hydrogen-bond acceptors (Lipinski definition) is 7. The highest BCUT2D eigenvalue weighted by Gasteiger charge is 2.24. The van der Waals surface area contributed by atoms with Crippen LogP contribution in [0.25, 0.3) is 10.9 Å². The third-order valence-electron chi connectivity index (χ3n) is 4.10. The highest BCUT2D eigenvalue weighted by Crippen LogP contribution is 2.19. The van der Waals surface area contributed by atoms with E-state index in [0.29, 0.717) is 6.61 Å². The van der Waals surface area contributed by atoms with Crippen LogP contribution in [0.3, 0.4) is 0 Å². The van der Waals surface area contributed by atoms with E-state index in [0.717, 1.165) is 22.7 Å². The van der Waals surface area contributed by atoms with Crippen molar-refractivity contribution < 1.29 is 33.3 Å². The molecule has 0 unspecified atom stereocenters. The number of ether oxygens (including phenoxy) is 4. The van der Waals surface area contributed by atoms with Crippen LogP contribution < -0.4 is 5.32 Å². The van der Waals surface area contributed by atoms with E-state index in [9.17, 15) is 14.4 Å². The molecule has 2 N–H and O–H groups in total. The summed E-state index contributed by atoms with van der Waals surface area (Å²) in [5.74, 6) is -2.17. The van der Waals surface area contributed by atoms with Crippen molar-refractivity contribution in [3.05, 3.63) is 48.0 Å². The molecular weight excluding hydrogens is 368 g/mol. The second-order valence-corrected chi connectivity index (χ2v) is 5.98. The Morgan fingerprint density at radius 1 is 1.25 bits per heavy atom. The summed E-state index contributed by atoms with van der Waals surface area (Å²) in [6.07, 6.45) is 3.14. The van der Waals surface area contributed by atoms with Crippen LogP contribution in [0, 0.1) is 0 Å². The normalized spacial score (nSPS) is 14.2. The molecule has 0 bridgehead atoms. The molecule has 2 aromatic rings. The Bertz CT molecular complexity index is 903. The molecule has 1 aromatic carbocycles. The average molecular weight is 388 g/mol. The molecule has 3 rings (SSSR count). The smallest absolute Gasteiger partial charge is 0.377 e. The van der Waals surface area contributed by atoms with Gasteiger partial charge in [0.25, 0.3) is 5.91 Å². The SMILES string of the molecule is COC(=O)[C@@H](Cc1c[nH]c2ccccc12)NC(=O)COC(=O)C1=COCCO1. The second kappa shape index (κ2) is 8.94. The molecule has 0 spiro atoms. The second-order valence-electron chi connectivity index (χ2n) is 5.98. The lowest BCUT2D eigenvalue weighted by Gasteiger charge is -2.17. The molecule has 0 radical (unpaired) electrons. The number of para-hydroxylation sites is 1. The first-order chi connectivity index (χ1) is 13.6. The molecule has 9 heteroatoms. The third kappa shape index (κ3) is 4.61. The number of benzene rings is 1. The standard InChI is InChI=1S/C19H20N2O7/c1-25-18(23)15(8-12-9-20-14-5-3-2-4-13(12)14)21-17(22)11-28-19(24)16-10-26-6-7-27-16/h2-5,9-10,15,20H,6-8,11H2,1H3,(H,21,22)/t15-/m1/s1. The molecule has 1 aliphatic heterocycles. The first-order valence-corrected chi connectivity index (χ1v) is 8.62. The number of methoxy groups -OCH3 is 1. The summed E-state index contributed by atoms with van der Waals surface area (Å²) in [4.78, 5) is 39.2. The summed E-state index contributed by atoms with van der Waals surface area (Å²) >= 11 is 0. The Hall–Kier alpha value is -3.49. The van der Waals surface area contributed by atoms with Crippen LogP contribution in [0.15, 0.2) is 42.5 Å².